The fraction of sp³-hybridized carbons (Fsp3) is 0.400. The number of hydrogen-bond donors (Lipinski definition) is 1. The number of nitrogens with one attached hydrogen (secondary N) is 1. The summed E-state index contributed by atoms with van der Waals surface area (Å²) in [4.78, 5) is 29.6. The molecule has 0 unspecified atom stereocenters. The molecule has 0 spiro atoms. The molecule has 3 aromatic rings. The topological polar surface area (TPSA) is 111 Å². The molecular formula is C25H30N4O5S. The largest absolute Gasteiger partial charge is 0.373 e. The van der Waals surface area contributed by atoms with Gasteiger partial charge in [0.05, 0.1) is 34.3 Å². The van der Waals surface area contributed by atoms with Crippen molar-refractivity contribution in [3.8, 4) is 0 Å². The van der Waals surface area contributed by atoms with E-state index >= 15 is 0 Å². The molecule has 2 aromatic carbocycles. The molecule has 186 valence electrons. The standard InChI is InChI=1S/C25H30N4O5S/c1-17-6-4-7-22-24(17)26-16-28(25(22)31)13-5-8-23(30)27-20-9-11-21(12-10-20)35(32,33)29-14-18(2)34-19(3)15-29/h4,6-7,9-12,16,18-19H,5,8,13-15H2,1-3H3,(H,27,30)/t18-,19+. The minimum absolute atomic E-state index is 0.125. The van der Waals surface area contributed by atoms with Crippen LogP contribution in [0.3, 0.4) is 0 Å². The maximum Gasteiger partial charge on any atom is 0.261 e. The van der Waals surface area contributed by atoms with E-state index < -0.39 is 10.0 Å². The Labute approximate surface area is 204 Å². The quantitative estimate of drug-likeness (QED) is 0.536. The monoisotopic (exact) mass is 498 g/mol. The SMILES string of the molecule is Cc1cccc2c(=O)n(CCCC(=O)Nc3ccc(S(=O)(=O)N4C[C@@H](C)O[C@@H](C)C4)cc3)cnc12. The van der Waals surface area contributed by atoms with Gasteiger partial charge >= 0.3 is 0 Å². The Morgan fingerprint density at radius 1 is 1.11 bits per heavy atom. The molecule has 4 rings (SSSR count). The maximum absolute atomic E-state index is 13.0. The zero-order chi connectivity index (χ0) is 25.2. The number of benzene rings is 2. The minimum atomic E-state index is -3.64. The molecule has 1 N–H and O–H groups in total. The number of carbonyl (C=O) groups is 1. The number of aryl methyl sites for hydroxylation is 2. The van der Waals surface area contributed by atoms with Gasteiger partial charge in [-0.3, -0.25) is 14.2 Å². The number of sulfonamides is 1. The van der Waals surface area contributed by atoms with Crippen LogP contribution in [-0.4, -0.2) is 53.5 Å². The molecule has 1 aliphatic rings. The lowest BCUT2D eigenvalue weighted by molar-refractivity contribution is -0.116. The van der Waals surface area contributed by atoms with E-state index in [1.54, 1.807) is 18.2 Å². The maximum atomic E-state index is 13.0. The van der Waals surface area contributed by atoms with Gasteiger partial charge in [-0.2, -0.15) is 4.31 Å². The normalized spacial score (nSPS) is 19.1. The van der Waals surface area contributed by atoms with E-state index in [1.807, 2.05) is 32.9 Å². The van der Waals surface area contributed by atoms with Gasteiger partial charge in [-0.05, 0) is 63.1 Å². The summed E-state index contributed by atoms with van der Waals surface area (Å²) in [5, 5.41) is 3.34. The van der Waals surface area contributed by atoms with Gasteiger partial charge < -0.3 is 10.1 Å². The number of nitrogens with zero attached hydrogens (tertiary/aromatic N) is 3. The van der Waals surface area contributed by atoms with Crippen molar-refractivity contribution >= 4 is 32.5 Å². The molecule has 1 aromatic heterocycles. The van der Waals surface area contributed by atoms with Gasteiger partial charge in [-0.1, -0.05) is 12.1 Å². The van der Waals surface area contributed by atoms with Crippen molar-refractivity contribution in [2.45, 2.75) is 57.3 Å². The molecular weight excluding hydrogens is 468 g/mol. The molecule has 10 heteroatoms. The predicted molar refractivity (Wildman–Crippen MR) is 134 cm³/mol. The number of morpholine rings is 1. The minimum Gasteiger partial charge on any atom is -0.373 e. The van der Waals surface area contributed by atoms with Crippen LogP contribution in [0.4, 0.5) is 5.69 Å². The Kier molecular flexibility index (Phi) is 7.34. The van der Waals surface area contributed by atoms with Crippen molar-refractivity contribution in [1.82, 2.24) is 13.9 Å². The summed E-state index contributed by atoms with van der Waals surface area (Å²) in [5.41, 5.74) is 2.02. The number of carbonyl (C=O) groups excluding carboxylic acids is 1. The molecule has 1 aliphatic heterocycles. The van der Waals surface area contributed by atoms with Crippen LogP contribution in [-0.2, 0) is 26.1 Å². The third-order valence-electron chi connectivity index (χ3n) is 6.02. The van der Waals surface area contributed by atoms with Gasteiger partial charge in [-0.25, -0.2) is 13.4 Å². The van der Waals surface area contributed by atoms with E-state index in [0.29, 0.717) is 42.6 Å². The Morgan fingerprint density at radius 2 is 1.80 bits per heavy atom. The molecule has 9 nitrogen and oxygen atoms in total. The van der Waals surface area contributed by atoms with Crippen molar-refractivity contribution in [2.75, 3.05) is 18.4 Å². The number of amides is 1. The number of rotatable bonds is 7. The molecule has 1 amide bonds. The fourth-order valence-electron chi connectivity index (χ4n) is 4.32. The van der Waals surface area contributed by atoms with Crippen LogP contribution in [0.25, 0.3) is 10.9 Å². The third-order valence-corrected chi connectivity index (χ3v) is 7.87. The number of anilines is 1. The van der Waals surface area contributed by atoms with E-state index in [2.05, 4.69) is 10.3 Å². The summed E-state index contributed by atoms with van der Waals surface area (Å²) in [5.74, 6) is -0.214. The predicted octanol–water partition coefficient (Wildman–Crippen LogP) is 2.92. The molecule has 2 heterocycles. The van der Waals surface area contributed by atoms with Crippen molar-refractivity contribution in [3.63, 3.8) is 0 Å². The van der Waals surface area contributed by atoms with Crippen LogP contribution in [0.2, 0.25) is 0 Å². The Bertz CT molecular complexity index is 1380. The summed E-state index contributed by atoms with van der Waals surface area (Å²) >= 11 is 0. The molecule has 1 saturated heterocycles. The van der Waals surface area contributed by atoms with E-state index in [4.69, 9.17) is 4.74 Å². The lowest BCUT2D eigenvalue weighted by atomic mass is 10.1. The van der Waals surface area contributed by atoms with Crippen LogP contribution in [0.5, 0.6) is 0 Å². The van der Waals surface area contributed by atoms with Gasteiger partial charge in [0.15, 0.2) is 0 Å². The number of para-hydroxylation sites is 1. The first-order chi connectivity index (χ1) is 16.6. The Balaban J connectivity index is 1.33. The van der Waals surface area contributed by atoms with Crippen LogP contribution in [0.15, 0.2) is 58.5 Å². The highest BCUT2D eigenvalue weighted by molar-refractivity contribution is 7.89. The third kappa shape index (κ3) is 5.61. The van der Waals surface area contributed by atoms with Crippen molar-refractivity contribution in [3.05, 3.63) is 64.7 Å². The summed E-state index contributed by atoms with van der Waals surface area (Å²) in [7, 11) is -3.64. The van der Waals surface area contributed by atoms with Crippen LogP contribution < -0.4 is 10.9 Å². The lowest BCUT2D eigenvalue weighted by Gasteiger charge is -2.34. The van der Waals surface area contributed by atoms with Gasteiger partial charge in [-0.15, -0.1) is 0 Å². The second kappa shape index (κ2) is 10.3. The van der Waals surface area contributed by atoms with Crippen molar-refractivity contribution in [1.29, 1.82) is 0 Å². The summed E-state index contributed by atoms with van der Waals surface area (Å²) in [6.07, 6.45) is 1.85. The second-order valence-corrected chi connectivity index (χ2v) is 10.9. The highest BCUT2D eigenvalue weighted by Crippen LogP contribution is 2.22. The highest BCUT2D eigenvalue weighted by atomic mass is 32.2. The molecule has 1 fully saturated rings. The van der Waals surface area contributed by atoms with Crippen LogP contribution >= 0.6 is 0 Å². The van der Waals surface area contributed by atoms with E-state index in [9.17, 15) is 18.0 Å². The average molecular weight is 499 g/mol. The Hall–Kier alpha value is -3.08. The molecule has 2 atom stereocenters. The zero-order valence-electron chi connectivity index (χ0n) is 20.1. The fourth-order valence-corrected chi connectivity index (χ4v) is 5.91. The van der Waals surface area contributed by atoms with Crippen molar-refractivity contribution < 1.29 is 17.9 Å². The van der Waals surface area contributed by atoms with Gasteiger partial charge in [0.25, 0.3) is 5.56 Å². The number of ether oxygens (including phenoxy) is 1. The van der Waals surface area contributed by atoms with Crippen LogP contribution in [0.1, 0.15) is 32.3 Å². The molecule has 0 bridgehead atoms. The molecule has 35 heavy (non-hydrogen) atoms. The second-order valence-electron chi connectivity index (χ2n) is 8.97. The van der Waals surface area contributed by atoms with Crippen molar-refractivity contribution in [2.24, 2.45) is 0 Å². The molecule has 0 aliphatic carbocycles. The Morgan fingerprint density at radius 3 is 2.49 bits per heavy atom. The van der Waals surface area contributed by atoms with Crippen LogP contribution in [0, 0.1) is 6.92 Å². The first-order valence-corrected chi connectivity index (χ1v) is 13.1. The number of hydrogen-bond acceptors (Lipinski definition) is 6. The molecule has 0 radical (unpaired) electrons. The smallest absolute Gasteiger partial charge is 0.261 e. The number of fused-ring (bicyclic) bond motifs is 1. The first-order valence-electron chi connectivity index (χ1n) is 11.7. The summed E-state index contributed by atoms with van der Waals surface area (Å²) in [6, 6.07) is 11.7. The summed E-state index contributed by atoms with van der Waals surface area (Å²) in [6.45, 7) is 6.60. The summed E-state index contributed by atoms with van der Waals surface area (Å²) < 4.78 is 34.5. The van der Waals surface area contributed by atoms with Gasteiger partial charge in [0.1, 0.15) is 0 Å². The van der Waals surface area contributed by atoms with E-state index in [0.717, 1.165) is 5.56 Å². The highest BCUT2D eigenvalue weighted by Gasteiger charge is 2.32. The lowest BCUT2D eigenvalue weighted by Crippen LogP contribution is -2.48. The van der Waals surface area contributed by atoms with Gasteiger partial charge in [0, 0.05) is 31.7 Å². The van der Waals surface area contributed by atoms with Gasteiger partial charge in [0.2, 0.25) is 15.9 Å². The first kappa shape index (κ1) is 25.0. The van der Waals surface area contributed by atoms with E-state index in [-0.39, 0.29) is 35.0 Å². The zero-order valence-corrected chi connectivity index (χ0v) is 20.9. The molecule has 0 saturated carbocycles. The number of aromatic nitrogens is 2. The average Bonchev–Trinajstić information content (AvgIpc) is 2.81. The van der Waals surface area contributed by atoms with E-state index in [1.165, 1.54) is 27.3 Å².